The Kier molecular flexibility index (Phi) is 16.4. The Labute approximate surface area is 253 Å². The van der Waals surface area contributed by atoms with Gasteiger partial charge < -0.3 is 4.74 Å². The zero-order chi connectivity index (χ0) is 30.8. The highest BCUT2D eigenvalue weighted by atomic mass is 31.2. The Bertz CT molecular complexity index is 1230. The van der Waals surface area contributed by atoms with Crippen molar-refractivity contribution < 1.29 is 27.7 Å². The van der Waals surface area contributed by atoms with Crippen molar-refractivity contribution in [3.8, 4) is 5.75 Å². The van der Waals surface area contributed by atoms with Crippen molar-refractivity contribution in [1.82, 2.24) is 0 Å². The zero-order valence-corrected chi connectivity index (χ0v) is 27.2. The molecule has 42 heavy (non-hydrogen) atoms. The molecule has 230 valence electrons. The van der Waals surface area contributed by atoms with Crippen molar-refractivity contribution in [2.24, 2.45) is 0 Å². The summed E-state index contributed by atoms with van der Waals surface area (Å²) in [6, 6.07) is 14.9. The van der Waals surface area contributed by atoms with E-state index in [0.29, 0.717) is 17.7 Å². The van der Waals surface area contributed by atoms with Gasteiger partial charge in [-0.3, -0.25) is 13.6 Å². The van der Waals surface area contributed by atoms with Gasteiger partial charge in [-0.2, -0.15) is 0 Å². The molecule has 0 atom stereocenters. The summed E-state index contributed by atoms with van der Waals surface area (Å²) in [7, 11) is -3.53. The number of carbonyl (C=O) groups is 1. The molecule has 0 fully saturated rings. The van der Waals surface area contributed by atoms with Crippen LogP contribution >= 0.6 is 7.82 Å². The fourth-order valence-corrected chi connectivity index (χ4v) is 5.51. The van der Waals surface area contributed by atoms with E-state index in [-0.39, 0.29) is 25.8 Å². The molecule has 0 amide bonds. The molecule has 6 nitrogen and oxygen atoms in total. The molecule has 0 aliphatic carbocycles. The number of rotatable bonds is 19. The van der Waals surface area contributed by atoms with Crippen LogP contribution < -0.4 is 4.74 Å². The number of hydrogen-bond acceptors (Lipinski definition) is 6. The number of phosphoric ester groups is 1. The molecule has 2 aromatic carbocycles. The van der Waals surface area contributed by atoms with Crippen LogP contribution in [-0.2, 0) is 31.0 Å². The molecule has 0 unspecified atom stereocenters. The number of allylic oxidation sites excluding steroid dienone is 6. The summed E-state index contributed by atoms with van der Waals surface area (Å²) in [5.74, 6) is 0.0965. The fraction of sp³-hybridized carbons (Fsp3) is 0.457. The number of phosphoric acid groups is 1. The lowest BCUT2D eigenvalue weighted by Crippen LogP contribution is -2.11. The number of hydrogen-bond donors (Lipinski definition) is 0. The van der Waals surface area contributed by atoms with Crippen LogP contribution in [0.4, 0.5) is 0 Å². The maximum atomic E-state index is 13.0. The highest BCUT2D eigenvalue weighted by Crippen LogP contribution is 2.49. The van der Waals surface area contributed by atoms with Crippen LogP contribution in [0.1, 0.15) is 95.1 Å². The van der Waals surface area contributed by atoms with E-state index in [4.69, 9.17) is 18.3 Å². The fourth-order valence-electron chi connectivity index (χ4n) is 4.34. The molecule has 0 aromatic heterocycles. The van der Waals surface area contributed by atoms with Crippen molar-refractivity contribution in [3.05, 3.63) is 100 Å². The third-order valence-electron chi connectivity index (χ3n) is 6.61. The Hall–Kier alpha value is -2.76. The molecular formula is C35H49O6P. The largest absolute Gasteiger partial charge is 0.474 e. The molecule has 0 spiro atoms. The van der Waals surface area contributed by atoms with E-state index in [9.17, 15) is 9.36 Å². The lowest BCUT2D eigenvalue weighted by molar-refractivity contribution is 0.0733. The molecule has 0 heterocycles. The highest BCUT2D eigenvalue weighted by Gasteiger charge is 2.24. The van der Waals surface area contributed by atoms with Crippen molar-refractivity contribution in [2.45, 2.75) is 86.5 Å². The molecular weight excluding hydrogens is 547 g/mol. The lowest BCUT2D eigenvalue weighted by Gasteiger charge is -2.16. The summed E-state index contributed by atoms with van der Waals surface area (Å²) < 4.78 is 33.8. The van der Waals surface area contributed by atoms with E-state index in [0.717, 1.165) is 49.7 Å². The minimum atomic E-state index is -3.53. The van der Waals surface area contributed by atoms with Crippen LogP contribution in [0.15, 0.2) is 83.5 Å². The van der Waals surface area contributed by atoms with Gasteiger partial charge in [-0.1, -0.05) is 65.3 Å². The third kappa shape index (κ3) is 13.9. The van der Waals surface area contributed by atoms with E-state index >= 15 is 0 Å². The van der Waals surface area contributed by atoms with E-state index < -0.39 is 7.82 Å². The molecule has 0 saturated heterocycles. The maximum Gasteiger partial charge on any atom is 0.474 e. The number of benzene rings is 2. The zero-order valence-electron chi connectivity index (χ0n) is 26.3. The van der Waals surface area contributed by atoms with Crippen molar-refractivity contribution in [3.63, 3.8) is 0 Å². The van der Waals surface area contributed by atoms with Gasteiger partial charge in [0.05, 0.1) is 25.4 Å². The smallest absolute Gasteiger partial charge is 0.423 e. The molecule has 0 saturated carbocycles. The second-order valence-electron chi connectivity index (χ2n) is 10.6. The van der Waals surface area contributed by atoms with E-state index in [2.05, 4.69) is 45.9 Å². The van der Waals surface area contributed by atoms with Gasteiger partial charge in [0.15, 0.2) is 0 Å². The third-order valence-corrected chi connectivity index (χ3v) is 8.26. The molecule has 0 bridgehead atoms. The molecule has 0 aliphatic heterocycles. The van der Waals surface area contributed by atoms with Crippen LogP contribution in [0, 0.1) is 0 Å². The normalized spacial score (nSPS) is 12.3. The maximum absolute atomic E-state index is 13.0. The summed E-state index contributed by atoms with van der Waals surface area (Å²) in [4.78, 5) is 13.0. The Morgan fingerprint density at radius 3 is 1.95 bits per heavy atom. The van der Waals surface area contributed by atoms with Gasteiger partial charge in [-0.05, 0) is 116 Å². The van der Waals surface area contributed by atoms with Gasteiger partial charge >= 0.3 is 13.8 Å². The van der Waals surface area contributed by atoms with Gasteiger partial charge in [0.2, 0.25) is 0 Å². The number of carbonyl (C=O) groups excluding carboxylic acids is 1. The summed E-state index contributed by atoms with van der Waals surface area (Å²) in [6.07, 6.45) is 13.4. The van der Waals surface area contributed by atoms with Gasteiger partial charge in [0, 0.05) is 0 Å². The van der Waals surface area contributed by atoms with Crippen LogP contribution in [0.3, 0.4) is 0 Å². The average molecular weight is 597 g/mol. The van der Waals surface area contributed by atoms with E-state index in [1.165, 1.54) is 16.7 Å². The predicted octanol–water partition coefficient (Wildman–Crippen LogP) is 10.00. The quantitative estimate of drug-likeness (QED) is 0.0696. The number of aryl methyl sites for hydroxylation is 1. The lowest BCUT2D eigenvalue weighted by atomic mass is 10.0. The molecule has 2 aromatic rings. The van der Waals surface area contributed by atoms with Crippen LogP contribution in [0.25, 0.3) is 0 Å². The summed E-state index contributed by atoms with van der Waals surface area (Å²) in [5, 5.41) is 0. The Morgan fingerprint density at radius 1 is 0.738 bits per heavy atom. The Morgan fingerprint density at radius 2 is 1.33 bits per heavy atom. The average Bonchev–Trinajstić information content (AvgIpc) is 2.94. The topological polar surface area (TPSA) is 71.1 Å². The first kappa shape index (κ1) is 35.4. The highest BCUT2D eigenvalue weighted by molar-refractivity contribution is 7.48. The molecule has 2 rings (SSSR count). The van der Waals surface area contributed by atoms with E-state index in [1.54, 1.807) is 26.0 Å². The van der Waals surface area contributed by atoms with Crippen molar-refractivity contribution in [1.29, 1.82) is 0 Å². The first-order chi connectivity index (χ1) is 20.2. The molecule has 7 heteroatoms. The van der Waals surface area contributed by atoms with Gasteiger partial charge in [0.1, 0.15) is 5.75 Å². The van der Waals surface area contributed by atoms with Gasteiger partial charge in [-0.25, -0.2) is 9.36 Å². The minimum Gasteiger partial charge on any atom is -0.423 e. The Balaban J connectivity index is 1.86. The molecule has 0 radical (unpaired) electrons. The molecule has 0 N–H and O–H groups in total. The first-order valence-corrected chi connectivity index (χ1v) is 16.5. The van der Waals surface area contributed by atoms with Crippen LogP contribution in [-0.4, -0.2) is 25.8 Å². The predicted molar refractivity (Wildman–Crippen MR) is 172 cm³/mol. The second kappa shape index (κ2) is 19.4. The summed E-state index contributed by atoms with van der Waals surface area (Å²) in [5.41, 5.74) is 6.70. The number of ether oxygens (including phenoxy) is 1. The van der Waals surface area contributed by atoms with Crippen LogP contribution in [0.2, 0.25) is 0 Å². The standard InChI is InChI=1S/C35H49O6P/c1-7-38-42(37,39-8-2)40-27-26-31-22-24-33(25-23-31)41-35(36)34-21-10-9-19-32(34)20-13-18-30(6)17-12-16-29(5)15-11-14-28(3)4/h9-10,14,16,18-19,21-25H,7-8,11-13,15,17,20,26-27H2,1-6H3/b29-16+,30-18+. The monoisotopic (exact) mass is 596 g/mol. The van der Waals surface area contributed by atoms with Crippen molar-refractivity contribution in [2.75, 3.05) is 19.8 Å². The van der Waals surface area contributed by atoms with Crippen LogP contribution in [0.5, 0.6) is 5.75 Å². The second-order valence-corrected chi connectivity index (χ2v) is 12.2. The van der Waals surface area contributed by atoms with Gasteiger partial charge in [0.25, 0.3) is 0 Å². The minimum absolute atomic E-state index is 0.185. The van der Waals surface area contributed by atoms with Crippen molar-refractivity contribution >= 4 is 13.8 Å². The first-order valence-electron chi connectivity index (χ1n) is 15.0. The summed E-state index contributed by atoms with van der Waals surface area (Å²) >= 11 is 0. The SMILES string of the molecule is CCOP(=O)(OCC)OCCc1ccc(OC(=O)c2ccccc2CC/C=C(\C)CC/C=C(\C)CCC=C(C)C)cc1. The molecule has 0 aliphatic rings. The van der Waals surface area contributed by atoms with E-state index in [1.807, 2.05) is 36.4 Å². The number of esters is 1. The van der Waals surface area contributed by atoms with Gasteiger partial charge in [-0.15, -0.1) is 0 Å². The summed E-state index contributed by atoms with van der Waals surface area (Å²) in [6.45, 7) is 12.8.